The Bertz CT molecular complexity index is 419. The zero-order valence-electron chi connectivity index (χ0n) is 13.4. The Balaban J connectivity index is 2.06. The fraction of sp³-hybridized carbons (Fsp3) is 0.867. The zero-order chi connectivity index (χ0) is 16.8. The Morgan fingerprint density at radius 1 is 1.30 bits per heavy atom. The molecule has 0 aromatic heterocycles. The summed E-state index contributed by atoms with van der Waals surface area (Å²) in [4.78, 5) is 24.9. The maximum absolute atomic E-state index is 12.4. The summed E-state index contributed by atoms with van der Waals surface area (Å²) in [5.41, 5.74) is 0. The maximum atomic E-state index is 12.4. The number of β-amino-alcohol motifs (C(OH)–C–C–N with tert-alkyl or cyclic N) is 1. The maximum Gasteiger partial charge on any atom is 0.317 e. The second kappa shape index (κ2) is 8.47. The molecule has 4 atom stereocenters. The van der Waals surface area contributed by atoms with Crippen LogP contribution in [0.5, 0.6) is 0 Å². The lowest BCUT2D eigenvalue weighted by atomic mass is 9.95. The second-order valence-electron chi connectivity index (χ2n) is 6.11. The molecule has 2 heterocycles. The minimum Gasteiger partial charge on any atom is -0.481 e. The molecule has 2 saturated heterocycles. The second-order valence-corrected chi connectivity index (χ2v) is 6.11. The van der Waals surface area contributed by atoms with Crippen molar-refractivity contribution in [2.75, 3.05) is 26.3 Å². The number of aliphatic carboxylic acids is 1. The van der Waals surface area contributed by atoms with Crippen LogP contribution in [0.25, 0.3) is 0 Å². The van der Waals surface area contributed by atoms with Gasteiger partial charge in [-0.25, -0.2) is 4.79 Å². The van der Waals surface area contributed by atoms with Crippen LogP contribution >= 0.6 is 0 Å². The highest BCUT2D eigenvalue weighted by Crippen LogP contribution is 2.27. The van der Waals surface area contributed by atoms with Gasteiger partial charge in [-0.3, -0.25) is 4.79 Å². The van der Waals surface area contributed by atoms with Crippen molar-refractivity contribution in [2.45, 2.75) is 57.0 Å². The number of carboxylic acids is 1. The van der Waals surface area contributed by atoms with Crippen LogP contribution in [0, 0.1) is 0 Å². The molecule has 2 aliphatic rings. The molecular weight excluding hydrogens is 304 g/mol. The third-order valence-electron chi connectivity index (χ3n) is 4.17. The van der Waals surface area contributed by atoms with Gasteiger partial charge in [-0.1, -0.05) is 6.92 Å². The number of nitrogens with zero attached hydrogens (tertiary/aromatic N) is 1. The number of carbonyl (C=O) groups excluding carboxylic acids is 1. The Labute approximate surface area is 135 Å². The number of aliphatic hydroxyl groups is 1. The molecule has 132 valence electrons. The van der Waals surface area contributed by atoms with Gasteiger partial charge in [0, 0.05) is 6.54 Å². The average Bonchev–Trinajstić information content (AvgIpc) is 2.48. The lowest BCUT2D eigenvalue weighted by Gasteiger charge is -2.44. The van der Waals surface area contributed by atoms with E-state index in [1.54, 1.807) is 4.90 Å². The van der Waals surface area contributed by atoms with Crippen LogP contribution in [0.3, 0.4) is 0 Å². The molecule has 8 heteroatoms. The SMILES string of the molecule is CCCNC(=O)N1C[C@H](O)COC[C@H]2O[C@H](CC(=O)O)CC[C@@H]21. The Morgan fingerprint density at radius 3 is 2.78 bits per heavy atom. The molecule has 2 fully saturated rings. The van der Waals surface area contributed by atoms with Crippen molar-refractivity contribution in [3.63, 3.8) is 0 Å². The quantitative estimate of drug-likeness (QED) is 0.679. The normalized spacial score (nSPS) is 31.7. The van der Waals surface area contributed by atoms with Gasteiger partial charge in [0.05, 0.1) is 44.4 Å². The van der Waals surface area contributed by atoms with E-state index in [2.05, 4.69) is 5.32 Å². The third kappa shape index (κ3) is 5.05. The van der Waals surface area contributed by atoms with E-state index >= 15 is 0 Å². The van der Waals surface area contributed by atoms with Crippen molar-refractivity contribution in [1.82, 2.24) is 10.2 Å². The molecule has 0 aromatic carbocycles. The topological polar surface area (TPSA) is 108 Å². The van der Waals surface area contributed by atoms with Crippen LogP contribution in [0.2, 0.25) is 0 Å². The molecular formula is C15H26N2O6. The number of aliphatic hydroxyl groups excluding tert-OH is 1. The van der Waals surface area contributed by atoms with Crippen molar-refractivity contribution >= 4 is 12.0 Å². The fourth-order valence-electron chi connectivity index (χ4n) is 3.10. The van der Waals surface area contributed by atoms with Crippen LogP contribution in [0.1, 0.15) is 32.6 Å². The Hall–Kier alpha value is -1.38. The summed E-state index contributed by atoms with van der Waals surface area (Å²) in [6.45, 7) is 3.11. The van der Waals surface area contributed by atoms with Gasteiger partial charge in [0.15, 0.2) is 0 Å². The van der Waals surface area contributed by atoms with Gasteiger partial charge in [-0.15, -0.1) is 0 Å². The first-order chi connectivity index (χ1) is 11.0. The largest absolute Gasteiger partial charge is 0.481 e. The van der Waals surface area contributed by atoms with Crippen molar-refractivity contribution in [2.24, 2.45) is 0 Å². The van der Waals surface area contributed by atoms with Crippen molar-refractivity contribution in [3.05, 3.63) is 0 Å². The predicted octanol–water partition coefficient (Wildman–Crippen LogP) is 0.190. The Kier molecular flexibility index (Phi) is 6.61. The highest BCUT2D eigenvalue weighted by molar-refractivity contribution is 5.74. The highest BCUT2D eigenvalue weighted by Gasteiger charge is 2.39. The van der Waals surface area contributed by atoms with Crippen LogP contribution in [0.4, 0.5) is 4.79 Å². The van der Waals surface area contributed by atoms with Gasteiger partial charge in [0.2, 0.25) is 0 Å². The fourth-order valence-corrected chi connectivity index (χ4v) is 3.10. The van der Waals surface area contributed by atoms with Crippen LogP contribution in [-0.2, 0) is 14.3 Å². The van der Waals surface area contributed by atoms with E-state index in [0.29, 0.717) is 19.4 Å². The van der Waals surface area contributed by atoms with E-state index in [4.69, 9.17) is 14.6 Å². The first kappa shape index (κ1) is 18.0. The zero-order valence-corrected chi connectivity index (χ0v) is 13.4. The molecule has 2 aliphatic heterocycles. The third-order valence-corrected chi connectivity index (χ3v) is 4.17. The lowest BCUT2D eigenvalue weighted by molar-refractivity contribution is -0.157. The molecule has 3 N–H and O–H groups in total. The van der Waals surface area contributed by atoms with Crippen LogP contribution < -0.4 is 5.32 Å². The lowest BCUT2D eigenvalue weighted by Crippen LogP contribution is -2.59. The molecule has 0 bridgehead atoms. The summed E-state index contributed by atoms with van der Waals surface area (Å²) >= 11 is 0. The van der Waals surface area contributed by atoms with E-state index in [1.165, 1.54) is 0 Å². The van der Waals surface area contributed by atoms with E-state index in [-0.39, 0.29) is 50.5 Å². The van der Waals surface area contributed by atoms with E-state index in [1.807, 2.05) is 6.92 Å². The predicted molar refractivity (Wildman–Crippen MR) is 81.2 cm³/mol. The van der Waals surface area contributed by atoms with Gasteiger partial charge in [-0.05, 0) is 19.3 Å². The van der Waals surface area contributed by atoms with Gasteiger partial charge < -0.3 is 29.9 Å². The summed E-state index contributed by atoms with van der Waals surface area (Å²) in [5, 5.41) is 21.7. The van der Waals surface area contributed by atoms with Gasteiger partial charge in [-0.2, -0.15) is 0 Å². The number of rotatable bonds is 4. The molecule has 0 radical (unpaired) electrons. The number of hydrogen-bond donors (Lipinski definition) is 3. The number of ether oxygens (including phenoxy) is 2. The number of carbonyl (C=O) groups is 2. The minimum absolute atomic E-state index is 0.0477. The molecule has 0 aromatic rings. The Morgan fingerprint density at radius 2 is 2.09 bits per heavy atom. The molecule has 0 unspecified atom stereocenters. The van der Waals surface area contributed by atoms with Crippen molar-refractivity contribution < 1.29 is 29.3 Å². The monoisotopic (exact) mass is 330 g/mol. The van der Waals surface area contributed by atoms with Crippen molar-refractivity contribution in [3.8, 4) is 0 Å². The van der Waals surface area contributed by atoms with Crippen LogP contribution in [-0.4, -0.2) is 77.8 Å². The molecule has 0 saturated carbocycles. The molecule has 2 rings (SSSR count). The number of carboxylic acid groups (broad SMARTS) is 1. The number of nitrogens with one attached hydrogen (secondary N) is 1. The standard InChI is InChI=1S/C15H26N2O6/c1-2-5-16-15(21)17-7-10(18)8-22-9-13-12(17)4-3-11(23-13)6-14(19)20/h10-13,18H,2-9H2,1H3,(H,16,21)(H,19,20)/t10-,11-,12-,13+/m0/s1. The molecule has 23 heavy (non-hydrogen) atoms. The van der Waals surface area contributed by atoms with Gasteiger partial charge >= 0.3 is 12.0 Å². The van der Waals surface area contributed by atoms with E-state index in [0.717, 1.165) is 6.42 Å². The summed E-state index contributed by atoms with van der Waals surface area (Å²) in [6, 6.07) is -0.435. The smallest absolute Gasteiger partial charge is 0.317 e. The summed E-state index contributed by atoms with van der Waals surface area (Å²) in [7, 11) is 0. The van der Waals surface area contributed by atoms with E-state index in [9.17, 15) is 14.7 Å². The number of amides is 2. The van der Waals surface area contributed by atoms with Gasteiger partial charge in [0.1, 0.15) is 6.10 Å². The summed E-state index contributed by atoms with van der Waals surface area (Å²) in [6.07, 6.45) is 0.527. The summed E-state index contributed by atoms with van der Waals surface area (Å²) < 4.78 is 11.3. The molecule has 0 spiro atoms. The van der Waals surface area contributed by atoms with Crippen molar-refractivity contribution in [1.29, 1.82) is 0 Å². The highest BCUT2D eigenvalue weighted by atomic mass is 16.5. The number of hydrogen-bond acceptors (Lipinski definition) is 5. The minimum atomic E-state index is -0.895. The summed E-state index contributed by atoms with van der Waals surface area (Å²) in [5.74, 6) is -0.895. The molecule has 2 amide bonds. The first-order valence-electron chi connectivity index (χ1n) is 8.18. The van der Waals surface area contributed by atoms with Gasteiger partial charge in [0.25, 0.3) is 0 Å². The number of urea groups is 1. The molecule has 8 nitrogen and oxygen atoms in total. The first-order valence-corrected chi connectivity index (χ1v) is 8.18. The average molecular weight is 330 g/mol. The number of fused-ring (bicyclic) bond motifs is 1. The van der Waals surface area contributed by atoms with Crippen LogP contribution in [0.15, 0.2) is 0 Å². The molecule has 0 aliphatic carbocycles. The van der Waals surface area contributed by atoms with E-state index < -0.39 is 12.1 Å².